The van der Waals surface area contributed by atoms with Crippen LogP contribution in [0.2, 0.25) is 0 Å². The molecule has 2 amide bonds. The Morgan fingerprint density at radius 2 is 1.72 bits per heavy atom. The summed E-state index contributed by atoms with van der Waals surface area (Å²) in [5.74, 6) is -0.101. The van der Waals surface area contributed by atoms with E-state index in [0.717, 1.165) is 55.3 Å². The standard InChI is InChI=1S/C25H33FN4O2/c1-16-10-17(2)22(18(3)11-16)29-23(32)24-4-7-25(8-5-24,9-6-24)28-14-21(31)30-15-19(26)12-20(30)13-27/h10-11,19-20,28H,4-9,12,14-15H2,1-3H3,(H,29,32)/t19-,20-,24?,25?/m0/s1. The Kier molecular flexibility index (Phi) is 6.02. The van der Waals surface area contributed by atoms with Crippen molar-refractivity contribution in [3.05, 3.63) is 28.8 Å². The molecule has 6 nitrogen and oxygen atoms in total. The van der Waals surface area contributed by atoms with Gasteiger partial charge in [-0.2, -0.15) is 5.26 Å². The highest BCUT2D eigenvalue weighted by Gasteiger charge is 2.52. The lowest BCUT2D eigenvalue weighted by Crippen LogP contribution is -2.59. The summed E-state index contributed by atoms with van der Waals surface area (Å²) in [4.78, 5) is 27.3. The lowest BCUT2D eigenvalue weighted by Gasteiger charge is -2.53. The first-order valence-electron chi connectivity index (χ1n) is 11.6. The van der Waals surface area contributed by atoms with E-state index in [1.165, 1.54) is 10.5 Å². The minimum Gasteiger partial charge on any atom is -0.325 e. The molecule has 3 saturated carbocycles. The molecule has 2 bridgehead atoms. The number of carbonyl (C=O) groups is 2. The highest BCUT2D eigenvalue weighted by molar-refractivity contribution is 5.97. The van der Waals surface area contributed by atoms with Crippen molar-refractivity contribution in [3.63, 3.8) is 0 Å². The van der Waals surface area contributed by atoms with Gasteiger partial charge in [-0.3, -0.25) is 9.59 Å². The van der Waals surface area contributed by atoms with Crippen LogP contribution in [0.25, 0.3) is 0 Å². The lowest BCUT2D eigenvalue weighted by molar-refractivity contribution is -0.135. The third kappa shape index (κ3) is 4.13. The molecule has 2 N–H and O–H groups in total. The molecule has 3 aliphatic carbocycles. The second kappa shape index (κ2) is 8.47. The van der Waals surface area contributed by atoms with Crippen LogP contribution in [-0.2, 0) is 9.59 Å². The van der Waals surface area contributed by atoms with E-state index >= 15 is 0 Å². The van der Waals surface area contributed by atoms with Crippen LogP contribution < -0.4 is 10.6 Å². The van der Waals surface area contributed by atoms with Gasteiger partial charge in [0, 0.05) is 23.1 Å². The van der Waals surface area contributed by atoms with Gasteiger partial charge in [0.25, 0.3) is 0 Å². The van der Waals surface area contributed by atoms with Gasteiger partial charge in [-0.05, 0) is 70.4 Å². The molecule has 5 rings (SSSR count). The van der Waals surface area contributed by atoms with Gasteiger partial charge in [0.15, 0.2) is 0 Å². The fourth-order valence-electron chi connectivity index (χ4n) is 5.96. The van der Waals surface area contributed by atoms with Gasteiger partial charge in [-0.1, -0.05) is 17.7 Å². The first-order chi connectivity index (χ1) is 15.2. The minimum atomic E-state index is -1.12. The van der Waals surface area contributed by atoms with Crippen LogP contribution in [0.15, 0.2) is 12.1 Å². The summed E-state index contributed by atoms with van der Waals surface area (Å²) in [6.07, 6.45) is 3.88. The number of nitrogens with zero attached hydrogens (tertiary/aromatic N) is 2. The number of rotatable bonds is 5. The first kappa shape index (κ1) is 22.7. The summed E-state index contributed by atoms with van der Waals surface area (Å²) >= 11 is 0. The maximum atomic E-state index is 13.7. The van der Waals surface area contributed by atoms with E-state index in [4.69, 9.17) is 0 Å². The fraction of sp³-hybridized carbons (Fsp3) is 0.640. The van der Waals surface area contributed by atoms with Crippen molar-refractivity contribution in [1.29, 1.82) is 5.26 Å². The molecular weight excluding hydrogens is 407 g/mol. The molecular formula is C25H33FN4O2. The van der Waals surface area contributed by atoms with E-state index in [0.29, 0.717) is 0 Å². The second-order valence-electron chi connectivity index (χ2n) is 10.2. The zero-order valence-electron chi connectivity index (χ0n) is 19.3. The SMILES string of the molecule is Cc1cc(C)c(NC(=O)C23CCC(NCC(=O)N4C[C@@H](F)C[C@H]4C#N)(CC2)CC3)c(C)c1. The number of anilines is 1. The predicted molar refractivity (Wildman–Crippen MR) is 121 cm³/mol. The Bertz CT molecular complexity index is 922. The molecule has 172 valence electrons. The topological polar surface area (TPSA) is 85.2 Å². The molecule has 1 saturated heterocycles. The Morgan fingerprint density at radius 3 is 2.28 bits per heavy atom. The van der Waals surface area contributed by atoms with Gasteiger partial charge < -0.3 is 15.5 Å². The van der Waals surface area contributed by atoms with Crippen molar-refractivity contribution in [2.45, 2.75) is 83.5 Å². The van der Waals surface area contributed by atoms with Crippen LogP contribution in [0, 0.1) is 37.5 Å². The van der Waals surface area contributed by atoms with E-state index in [-0.39, 0.29) is 42.3 Å². The second-order valence-corrected chi connectivity index (χ2v) is 10.2. The maximum absolute atomic E-state index is 13.7. The number of nitrogens with one attached hydrogen (secondary N) is 2. The summed E-state index contributed by atoms with van der Waals surface area (Å²) in [7, 11) is 0. The third-order valence-corrected chi connectivity index (χ3v) is 7.98. The number of alkyl halides is 1. The fourth-order valence-corrected chi connectivity index (χ4v) is 5.96. The molecule has 0 spiro atoms. The number of benzene rings is 1. The van der Waals surface area contributed by atoms with E-state index in [1.54, 1.807) is 0 Å². The van der Waals surface area contributed by atoms with Crippen molar-refractivity contribution in [2.75, 3.05) is 18.4 Å². The number of aryl methyl sites for hydroxylation is 3. The molecule has 1 aliphatic heterocycles. The molecule has 0 aromatic heterocycles. The third-order valence-electron chi connectivity index (χ3n) is 7.98. The molecule has 7 heteroatoms. The number of fused-ring (bicyclic) bond motifs is 3. The summed E-state index contributed by atoms with van der Waals surface area (Å²) in [5.41, 5.74) is 3.78. The molecule has 32 heavy (non-hydrogen) atoms. The van der Waals surface area contributed by atoms with Crippen molar-refractivity contribution >= 4 is 17.5 Å². The molecule has 4 fully saturated rings. The van der Waals surface area contributed by atoms with Crippen LogP contribution in [0.3, 0.4) is 0 Å². The average molecular weight is 441 g/mol. The number of carbonyl (C=O) groups excluding carboxylic acids is 2. The molecule has 2 atom stereocenters. The van der Waals surface area contributed by atoms with Crippen LogP contribution in [-0.4, -0.2) is 47.6 Å². The summed E-state index contributed by atoms with van der Waals surface area (Å²) in [6.45, 7) is 6.25. The summed E-state index contributed by atoms with van der Waals surface area (Å²) in [5, 5.41) is 15.8. The normalized spacial score (nSPS) is 31.4. The van der Waals surface area contributed by atoms with E-state index < -0.39 is 12.2 Å². The summed E-state index contributed by atoms with van der Waals surface area (Å²) in [6, 6.07) is 5.56. The van der Waals surface area contributed by atoms with Crippen LogP contribution >= 0.6 is 0 Å². The molecule has 0 radical (unpaired) electrons. The van der Waals surface area contributed by atoms with Crippen molar-refractivity contribution < 1.29 is 14.0 Å². The van der Waals surface area contributed by atoms with E-state index in [9.17, 15) is 19.2 Å². The highest BCUT2D eigenvalue weighted by Crippen LogP contribution is 2.53. The number of likely N-dealkylation sites (tertiary alicyclic amines) is 1. The minimum absolute atomic E-state index is 0.00681. The van der Waals surface area contributed by atoms with Crippen molar-refractivity contribution in [1.82, 2.24) is 10.2 Å². The average Bonchev–Trinajstić information content (AvgIpc) is 3.16. The maximum Gasteiger partial charge on any atom is 0.237 e. The predicted octanol–water partition coefficient (Wildman–Crippen LogP) is 3.70. The van der Waals surface area contributed by atoms with Crippen LogP contribution in [0.5, 0.6) is 0 Å². The number of amides is 2. The molecule has 0 unspecified atom stereocenters. The molecule has 4 aliphatic rings. The van der Waals surface area contributed by atoms with Gasteiger partial charge in [0.1, 0.15) is 12.2 Å². The van der Waals surface area contributed by atoms with E-state index in [2.05, 4.69) is 29.7 Å². The molecule has 1 heterocycles. The monoisotopic (exact) mass is 440 g/mol. The number of hydrogen-bond acceptors (Lipinski definition) is 4. The molecule has 1 aromatic carbocycles. The van der Waals surface area contributed by atoms with Gasteiger partial charge in [0.05, 0.1) is 19.2 Å². The smallest absolute Gasteiger partial charge is 0.237 e. The van der Waals surface area contributed by atoms with Gasteiger partial charge in [-0.15, -0.1) is 0 Å². The Balaban J connectivity index is 1.36. The first-order valence-corrected chi connectivity index (χ1v) is 11.6. The lowest BCUT2D eigenvalue weighted by atomic mass is 9.57. The molecule has 1 aromatic rings. The zero-order chi connectivity index (χ0) is 23.1. The van der Waals surface area contributed by atoms with Crippen LogP contribution in [0.4, 0.5) is 10.1 Å². The van der Waals surface area contributed by atoms with Gasteiger partial charge >= 0.3 is 0 Å². The highest BCUT2D eigenvalue weighted by atomic mass is 19.1. The Morgan fingerprint density at radius 1 is 1.12 bits per heavy atom. The van der Waals surface area contributed by atoms with Crippen molar-refractivity contribution in [2.24, 2.45) is 5.41 Å². The van der Waals surface area contributed by atoms with Crippen LogP contribution in [0.1, 0.15) is 61.6 Å². The quantitative estimate of drug-likeness (QED) is 0.731. The zero-order valence-corrected chi connectivity index (χ0v) is 19.3. The Labute approximate surface area is 189 Å². The number of nitriles is 1. The summed E-state index contributed by atoms with van der Waals surface area (Å²) < 4.78 is 13.7. The van der Waals surface area contributed by atoms with E-state index in [1.807, 2.05) is 19.9 Å². The number of hydrogen-bond donors (Lipinski definition) is 2. The largest absolute Gasteiger partial charge is 0.325 e. The van der Waals surface area contributed by atoms with Crippen molar-refractivity contribution in [3.8, 4) is 6.07 Å². The van der Waals surface area contributed by atoms with Gasteiger partial charge in [0.2, 0.25) is 11.8 Å². The number of halogens is 1. The van der Waals surface area contributed by atoms with Gasteiger partial charge in [-0.25, -0.2) is 4.39 Å². The Hall–Kier alpha value is -2.46.